The van der Waals surface area contributed by atoms with Gasteiger partial charge >= 0.3 is 5.97 Å². The fourth-order valence-electron chi connectivity index (χ4n) is 1.85. The van der Waals surface area contributed by atoms with E-state index >= 15 is 0 Å². The summed E-state index contributed by atoms with van der Waals surface area (Å²) in [5.41, 5.74) is 1.73. The fourth-order valence-corrected chi connectivity index (χ4v) is 2.51. The van der Waals surface area contributed by atoms with Gasteiger partial charge in [0.25, 0.3) is 0 Å². The molecule has 0 aliphatic rings. The molecule has 2 aromatic heterocycles. The third-order valence-corrected chi connectivity index (χ3v) is 3.65. The quantitative estimate of drug-likeness (QED) is 0.917. The van der Waals surface area contributed by atoms with E-state index in [1.54, 1.807) is 17.5 Å². The molecular weight excluding hydrogens is 274 g/mol. The summed E-state index contributed by atoms with van der Waals surface area (Å²) in [7, 11) is 1.85. The highest BCUT2D eigenvalue weighted by molar-refractivity contribution is 7.07. The summed E-state index contributed by atoms with van der Waals surface area (Å²) in [4.78, 5) is 21.7. The molecule has 0 aliphatic heterocycles. The van der Waals surface area contributed by atoms with Gasteiger partial charge in [-0.25, -0.2) is 14.8 Å². The first-order valence-electron chi connectivity index (χ1n) is 6.31. The number of hydrogen-bond acceptors (Lipinski definition) is 5. The van der Waals surface area contributed by atoms with Crippen LogP contribution in [0.5, 0.6) is 0 Å². The summed E-state index contributed by atoms with van der Waals surface area (Å²) >= 11 is 1.62. The van der Waals surface area contributed by atoms with Gasteiger partial charge in [-0.05, 0) is 22.4 Å². The van der Waals surface area contributed by atoms with Gasteiger partial charge in [0.05, 0.1) is 11.9 Å². The van der Waals surface area contributed by atoms with Crippen LogP contribution in [0.25, 0.3) is 0 Å². The normalized spacial score (nSPS) is 10.8. The Kier molecular flexibility index (Phi) is 4.34. The summed E-state index contributed by atoms with van der Waals surface area (Å²) in [6, 6.07) is 2.02. The molecule has 5 nitrogen and oxygen atoms in total. The molecule has 0 amide bonds. The Morgan fingerprint density at radius 3 is 2.80 bits per heavy atom. The number of carboxylic acid groups (broad SMARTS) is 1. The maximum Gasteiger partial charge on any atom is 0.356 e. The van der Waals surface area contributed by atoms with E-state index in [1.807, 2.05) is 42.6 Å². The van der Waals surface area contributed by atoms with Crippen LogP contribution in [0.4, 0.5) is 5.69 Å². The largest absolute Gasteiger partial charge is 0.476 e. The summed E-state index contributed by atoms with van der Waals surface area (Å²) in [5.74, 6) is -0.374. The second-order valence-corrected chi connectivity index (χ2v) is 5.69. The van der Waals surface area contributed by atoms with Crippen LogP contribution < -0.4 is 4.90 Å². The van der Waals surface area contributed by atoms with Gasteiger partial charge in [-0.1, -0.05) is 13.8 Å². The number of carboxylic acids is 1. The van der Waals surface area contributed by atoms with Crippen LogP contribution in [-0.2, 0) is 6.54 Å². The lowest BCUT2D eigenvalue weighted by Crippen LogP contribution is -2.21. The van der Waals surface area contributed by atoms with Gasteiger partial charge in [0.1, 0.15) is 5.82 Å². The summed E-state index contributed by atoms with van der Waals surface area (Å²) in [6.07, 6.45) is 1.60. The standard InChI is InChI=1S/C14H17N3O2S/c1-9(2)13-15-6-11(12(16-13)14(18)19)17(3)7-10-4-5-20-8-10/h4-6,8-9H,7H2,1-3H3,(H,18,19). The van der Waals surface area contributed by atoms with Crippen molar-refractivity contribution < 1.29 is 9.90 Å². The van der Waals surface area contributed by atoms with Gasteiger partial charge in [-0.3, -0.25) is 0 Å². The number of nitrogens with zero attached hydrogens (tertiary/aromatic N) is 3. The van der Waals surface area contributed by atoms with Crippen molar-refractivity contribution in [1.82, 2.24) is 9.97 Å². The Labute approximate surface area is 121 Å². The van der Waals surface area contributed by atoms with Gasteiger partial charge in [0, 0.05) is 19.5 Å². The zero-order chi connectivity index (χ0) is 14.7. The second-order valence-electron chi connectivity index (χ2n) is 4.91. The number of hydrogen-bond donors (Lipinski definition) is 1. The average molecular weight is 291 g/mol. The van der Waals surface area contributed by atoms with Gasteiger partial charge in [0.2, 0.25) is 0 Å². The highest BCUT2D eigenvalue weighted by Gasteiger charge is 2.18. The molecule has 0 spiro atoms. The molecule has 0 atom stereocenters. The van der Waals surface area contributed by atoms with E-state index in [-0.39, 0.29) is 11.6 Å². The van der Waals surface area contributed by atoms with Crippen LogP contribution in [0.15, 0.2) is 23.0 Å². The van der Waals surface area contributed by atoms with Crippen LogP contribution in [0.2, 0.25) is 0 Å². The molecule has 0 bridgehead atoms. The molecule has 0 aromatic carbocycles. The topological polar surface area (TPSA) is 66.3 Å². The van der Waals surface area contributed by atoms with E-state index in [4.69, 9.17) is 0 Å². The first-order chi connectivity index (χ1) is 9.49. The van der Waals surface area contributed by atoms with Crippen molar-refractivity contribution >= 4 is 23.0 Å². The molecule has 106 valence electrons. The first-order valence-corrected chi connectivity index (χ1v) is 7.25. The van der Waals surface area contributed by atoms with Gasteiger partial charge < -0.3 is 10.0 Å². The van der Waals surface area contributed by atoms with E-state index < -0.39 is 5.97 Å². The molecule has 6 heteroatoms. The van der Waals surface area contributed by atoms with Crippen LogP contribution in [0.3, 0.4) is 0 Å². The smallest absolute Gasteiger partial charge is 0.356 e. The van der Waals surface area contributed by atoms with Crippen molar-refractivity contribution in [3.05, 3.63) is 40.1 Å². The Balaban J connectivity index is 2.32. The third kappa shape index (κ3) is 3.14. The van der Waals surface area contributed by atoms with Crippen LogP contribution in [0, 0.1) is 0 Å². The van der Waals surface area contributed by atoms with Crippen LogP contribution in [0.1, 0.15) is 41.6 Å². The molecule has 0 aliphatic carbocycles. The summed E-state index contributed by atoms with van der Waals surface area (Å²) < 4.78 is 0. The molecule has 0 unspecified atom stereocenters. The van der Waals surface area contributed by atoms with Crippen molar-refractivity contribution in [3.8, 4) is 0 Å². The van der Waals surface area contributed by atoms with Crippen molar-refractivity contribution in [1.29, 1.82) is 0 Å². The van der Waals surface area contributed by atoms with E-state index in [2.05, 4.69) is 9.97 Å². The molecule has 2 aromatic rings. The van der Waals surface area contributed by atoms with Crippen molar-refractivity contribution in [3.63, 3.8) is 0 Å². The fraction of sp³-hybridized carbons (Fsp3) is 0.357. The maximum atomic E-state index is 11.4. The Hall–Kier alpha value is -1.95. The van der Waals surface area contributed by atoms with E-state index in [0.717, 1.165) is 5.56 Å². The molecule has 1 N–H and O–H groups in total. The summed E-state index contributed by atoms with van der Waals surface area (Å²) in [5, 5.41) is 13.4. The van der Waals surface area contributed by atoms with Crippen LogP contribution >= 0.6 is 11.3 Å². The first kappa shape index (κ1) is 14.5. The molecule has 0 saturated carbocycles. The predicted octanol–water partition coefficient (Wildman–Crippen LogP) is 3.00. The lowest BCUT2D eigenvalue weighted by atomic mass is 10.2. The molecule has 0 saturated heterocycles. The zero-order valence-corrected chi connectivity index (χ0v) is 12.5. The lowest BCUT2D eigenvalue weighted by Gasteiger charge is -2.20. The van der Waals surface area contributed by atoms with Crippen molar-refractivity contribution in [2.24, 2.45) is 0 Å². The highest BCUT2D eigenvalue weighted by Crippen LogP contribution is 2.21. The minimum atomic E-state index is -1.03. The summed E-state index contributed by atoms with van der Waals surface area (Å²) in [6.45, 7) is 4.51. The Morgan fingerprint density at radius 2 is 2.25 bits per heavy atom. The lowest BCUT2D eigenvalue weighted by molar-refractivity contribution is 0.0690. The zero-order valence-electron chi connectivity index (χ0n) is 11.7. The average Bonchev–Trinajstić information content (AvgIpc) is 2.90. The number of aromatic carboxylic acids is 1. The number of carbonyl (C=O) groups is 1. The number of aromatic nitrogens is 2. The van der Waals surface area contributed by atoms with Crippen molar-refractivity contribution in [2.75, 3.05) is 11.9 Å². The van der Waals surface area contributed by atoms with Crippen molar-refractivity contribution in [2.45, 2.75) is 26.3 Å². The molecule has 0 fully saturated rings. The monoisotopic (exact) mass is 291 g/mol. The third-order valence-electron chi connectivity index (χ3n) is 2.92. The molecule has 20 heavy (non-hydrogen) atoms. The van der Waals surface area contributed by atoms with Gasteiger partial charge in [-0.2, -0.15) is 11.3 Å². The van der Waals surface area contributed by atoms with Crippen LogP contribution in [-0.4, -0.2) is 28.1 Å². The minimum Gasteiger partial charge on any atom is -0.476 e. The second kappa shape index (κ2) is 6.00. The number of anilines is 1. The highest BCUT2D eigenvalue weighted by atomic mass is 32.1. The Morgan fingerprint density at radius 1 is 1.50 bits per heavy atom. The maximum absolute atomic E-state index is 11.4. The molecule has 2 rings (SSSR count). The van der Waals surface area contributed by atoms with Gasteiger partial charge in [0.15, 0.2) is 5.69 Å². The number of rotatable bonds is 5. The molecule has 2 heterocycles. The molecular formula is C14H17N3O2S. The SMILES string of the molecule is CC(C)c1ncc(N(C)Cc2ccsc2)c(C(=O)O)n1. The van der Waals surface area contributed by atoms with E-state index in [1.165, 1.54) is 0 Å². The molecule has 0 radical (unpaired) electrons. The Bertz CT molecular complexity index is 596. The predicted molar refractivity (Wildman–Crippen MR) is 79.5 cm³/mol. The minimum absolute atomic E-state index is 0.0569. The number of thiophene rings is 1. The van der Waals surface area contributed by atoms with Gasteiger partial charge in [-0.15, -0.1) is 0 Å². The van der Waals surface area contributed by atoms with E-state index in [9.17, 15) is 9.90 Å². The van der Waals surface area contributed by atoms with E-state index in [0.29, 0.717) is 18.1 Å².